The van der Waals surface area contributed by atoms with E-state index in [2.05, 4.69) is 12.1 Å². The highest BCUT2D eigenvalue weighted by Gasteiger charge is 2.13. The normalized spacial score (nSPS) is 11.1. The molecule has 3 aromatic rings. The van der Waals surface area contributed by atoms with E-state index in [9.17, 15) is 0 Å². The van der Waals surface area contributed by atoms with Crippen molar-refractivity contribution in [1.82, 2.24) is 0 Å². The zero-order valence-electron chi connectivity index (χ0n) is 11.4. The quantitative estimate of drug-likeness (QED) is 0.653. The number of hydrogen-bond acceptors (Lipinski definition) is 1. The second-order valence-corrected chi connectivity index (χ2v) is 4.65. The molecule has 0 N–H and O–H groups in total. The Morgan fingerprint density at radius 1 is 0.850 bits per heavy atom. The largest absolute Gasteiger partial charge is 0.398 e. The minimum Gasteiger partial charge on any atom is -0.398 e. The average Bonchev–Trinajstić information content (AvgIpc) is 2.88. The van der Waals surface area contributed by atoms with Gasteiger partial charge in [0, 0.05) is 5.56 Å². The fraction of sp³-hybridized carbons (Fsp3) is 0.0556. The number of benzene rings is 2. The molecular weight excluding hydrogens is 246 g/mol. The van der Waals surface area contributed by atoms with Gasteiger partial charge >= 0.3 is 5.89 Å². The van der Waals surface area contributed by atoms with Gasteiger partial charge in [0.15, 0.2) is 0 Å². The first kappa shape index (κ1) is 12.4. The number of aromatic nitrogens is 1. The van der Waals surface area contributed by atoms with E-state index in [0.717, 1.165) is 22.8 Å². The van der Waals surface area contributed by atoms with Crippen molar-refractivity contribution in [3.63, 3.8) is 0 Å². The van der Waals surface area contributed by atoms with E-state index in [1.165, 1.54) is 0 Å². The smallest absolute Gasteiger partial charge is 0.373 e. The van der Waals surface area contributed by atoms with Crippen molar-refractivity contribution in [1.29, 1.82) is 0 Å². The standard InChI is InChI=1S/C18H16NO/c1-19-14-17(16-10-6-3-7-11-16)20-18(19)13-12-15-8-4-2-5-9-15/h2-14H,1H3/q+1/b13-12+. The fourth-order valence-corrected chi connectivity index (χ4v) is 2.07. The highest BCUT2D eigenvalue weighted by atomic mass is 16.4. The van der Waals surface area contributed by atoms with Crippen LogP contribution in [0.1, 0.15) is 11.5 Å². The Kier molecular flexibility index (Phi) is 3.46. The highest BCUT2D eigenvalue weighted by Crippen LogP contribution is 2.19. The molecule has 20 heavy (non-hydrogen) atoms. The number of hydrogen-bond donors (Lipinski definition) is 0. The molecule has 0 amide bonds. The fourth-order valence-electron chi connectivity index (χ4n) is 2.07. The third-order valence-electron chi connectivity index (χ3n) is 3.15. The molecule has 2 aromatic carbocycles. The molecule has 0 aliphatic rings. The van der Waals surface area contributed by atoms with E-state index in [4.69, 9.17) is 4.42 Å². The van der Waals surface area contributed by atoms with Crippen LogP contribution < -0.4 is 4.57 Å². The highest BCUT2D eigenvalue weighted by molar-refractivity contribution is 5.65. The van der Waals surface area contributed by atoms with Gasteiger partial charge < -0.3 is 4.42 Å². The molecule has 0 bridgehead atoms. The molecular formula is C18H16NO+. The number of oxazole rings is 1. The summed E-state index contributed by atoms with van der Waals surface area (Å²) in [5.74, 6) is 1.70. The predicted molar refractivity (Wildman–Crippen MR) is 80.7 cm³/mol. The van der Waals surface area contributed by atoms with Crippen LogP contribution in [0.15, 0.2) is 71.3 Å². The molecule has 0 spiro atoms. The lowest BCUT2D eigenvalue weighted by Gasteiger charge is -1.90. The van der Waals surface area contributed by atoms with Gasteiger partial charge in [0.1, 0.15) is 7.05 Å². The summed E-state index contributed by atoms with van der Waals surface area (Å²) in [5.41, 5.74) is 2.24. The lowest BCUT2D eigenvalue weighted by Crippen LogP contribution is -2.27. The van der Waals surface area contributed by atoms with Gasteiger partial charge in [-0.25, -0.2) is 0 Å². The Morgan fingerprint density at radius 2 is 1.50 bits per heavy atom. The van der Waals surface area contributed by atoms with Crippen LogP contribution in [0.4, 0.5) is 0 Å². The lowest BCUT2D eigenvalue weighted by molar-refractivity contribution is -0.676. The minimum absolute atomic E-state index is 0.827. The van der Waals surface area contributed by atoms with Crippen molar-refractivity contribution < 1.29 is 8.98 Å². The molecule has 2 heteroatoms. The molecule has 2 nitrogen and oxygen atoms in total. The van der Waals surface area contributed by atoms with Crippen LogP contribution in [0.25, 0.3) is 23.5 Å². The molecule has 0 atom stereocenters. The van der Waals surface area contributed by atoms with Crippen molar-refractivity contribution in [3.8, 4) is 11.3 Å². The van der Waals surface area contributed by atoms with Gasteiger partial charge in [-0.15, -0.1) is 0 Å². The Balaban J connectivity index is 1.89. The molecule has 0 unspecified atom stereocenters. The first-order valence-corrected chi connectivity index (χ1v) is 6.61. The summed E-state index contributed by atoms with van der Waals surface area (Å²) in [5, 5.41) is 0. The summed E-state index contributed by atoms with van der Waals surface area (Å²) in [4.78, 5) is 0. The SMILES string of the molecule is C[n+]1cc(-c2ccccc2)oc1/C=C/c1ccccc1. The number of aryl methyl sites for hydroxylation is 1. The average molecular weight is 262 g/mol. The van der Waals surface area contributed by atoms with Gasteiger partial charge in [-0.2, -0.15) is 4.57 Å². The third-order valence-corrected chi connectivity index (χ3v) is 3.15. The summed E-state index contributed by atoms with van der Waals surface area (Å²) >= 11 is 0. The zero-order valence-corrected chi connectivity index (χ0v) is 11.4. The molecule has 0 aliphatic heterocycles. The molecule has 0 fully saturated rings. The topological polar surface area (TPSA) is 17.0 Å². The van der Waals surface area contributed by atoms with Crippen LogP contribution in [0, 0.1) is 0 Å². The van der Waals surface area contributed by atoms with Crippen LogP contribution in [0.3, 0.4) is 0 Å². The maximum Gasteiger partial charge on any atom is 0.373 e. The van der Waals surface area contributed by atoms with Gasteiger partial charge in [-0.1, -0.05) is 60.7 Å². The summed E-state index contributed by atoms with van der Waals surface area (Å²) in [6, 6.07) is 20.3. The summed E-state index contributed by atoms with van der Waals surface area (Å²) in [6.07, 6.45) is 6.04. The Labute approximate surface area is 118 Å². The summed E-state index contributed by atoms with van der Waals surface area (Å²) in [6.45, 7) is 0. The summed E-state index contributed by atoms with van der Waals surface area (Å²) < 4.78 is 7.89. The lowest BCUT2D eigenvalue weighted by atomic mass is 10.2. The Bertz CT molecular complexity index is 712. The first-order valence-electron chi connectivity index (χ1n) is 6.61. The van der Waals surface area contributed by atoms with Gasteiger partial charge in [0.05, 0.1) is 6.08 Å². The van der Waals surface area contributed by atoms with Crippen LogP contribution in [0.5, 0.6) is 0 Å². The van der Waals surface area contributed by atoms with E-state index < -0.39 is 0 Å². The van der Waals surface area contributed by atoms with E-state index in [-0.39, 0.29) is 0 Å². The van der Waals surface area contributed by atoms with Gasteiger partial charge in [0.2, 0.25) is 12.0 Å². The monoisotopic (exact) mass is 262 g/mol. The van der Waals surface area contributed by atoms with Gasteiger partial charge in [-0.05, 0) is 11.6 Å². The van der Waals surface area contributed by atoms with Crippen molar-refractivity contribution in [3.05, 3.63) is 78.3 Å². The minimum atomic E-state index is 0.827. The van der Waals surface area contributed by atoms with Crippen molar-refractivity contribution in [2.45, 2.75) is 0 Å². The predicted octanol–water partition coefficient (Wildman–Crippen LogP) is 3.94. The number of nitrogens with zero attached hydrogens (tertiary/aromatic N) is 1. The van der Waals surface area contributed by atoms with Crippen LogP contribution in [0.2, 0.25) is 0 Å². The first-order chi connectivity index (χ1) is 9.83. The van der Waals surface area contributed by atoms with Crippen molar-refractivity contribution >= 4 is 12.2 Å². The molecule has 0 aliphatic carbocycles. The molecule has 1 heterocycles. The maximum atomic E-state index is 5.90. The maximum absolute atomic E-state index is 5.90. The van der Waals surface area contributed by atoms with Crippen molar-refractivity contribution in [2.75, 3.05) is 0 Å². The van der Waals surface area contributed by atoms with Crippen molar-refractivity contribution in [2.24, 2.45) is 7.05 Å². The summed E-state index contributed by atoms with van der Waals surface area (Å²) in [7, 11) is 1.99. The molecule has 98 valence electrons. The van der Waals surface area contributed by atoms with Gasteiger partial charge in [0.25, 0.3) is 0 Å². The Morgan fingerprint density at radius 3 is 2.20 bits per heavy atom. The van der Waals surface area contributed by atoms with Crippen LogP contribution >= 0.6 is 0 Å². The van der Waals surface area contributed by atoms with E-state index in [1.807, 2.05) is 78.5 Å². The van der Waals surface area contributed by atoms with E-state index in [0.29, 0.717) is 0 Å². The molecule has 1 aromatic heterocycles. The molecule has 0 radical (unpaired) electrons. The van der Waals surface area contributed by atoms with Crippen LogP contribution in [-0.2, 0) is 7.05 Å². The second-order valence-electron chi connectivity index (χ2n) is 4.65. The van der Waals surface area contributed by atoms with E-state index >= 15 is 0 Å². The third kappa shape index (κ3) is 2.69. The van der Waals surface area contributed by atoms with E-state index in [1.54, 1.807) is 0 Å². The Hall–Kier alpha value is -2.61. The number of rotatable bonds is 3. The zero-order chi connectivity index (χ0) is 13.8. The molecule has 0 saturated heterocycles. The molecule has 3 rings (SSSR count). The van der Waals surface area contributed by atoms with Crippen LogP contribution in [-0.4, -0.2) is 0 Å². The van der Waals surface area contributed by atoms with Gasteiger partial charge in [-0.3, -0.25) is 0 Å². The second kappa shape index (κ2) is 5.57. The molecule has 0 saturated carbocycles.